The number of anilines is 1. The summed E-state index contributed by atoms with van der Waals surface area (Å²) in [7, 11) is 0. The monoisotopic (exact) mass is 287 g/mol. The zero-order valence-electron chi connectivity index (χ0n) is 11.4. The summed E-state index contributed by atoms with van der Waals surface area (Å²) in [5.74, 6) is 1.98. The minimum Gasteiger partial charge on any atom is -0.456 e. The van der Waals surface area contributed by atoms with Crippen LogP contribution in [0.25, 0.3) is 0 Å². The van der Waals surface area contributed by atoms with E-state index in [0.29, 0.717) is 11.6 Å². The van der Waals surface area contributed by atoms with Crippen LogP contribution in [0, 0.1) is 0 Å². The van der Waals surface area contributed by atoms with Crippen LogP contribution >= 0.6 is 11.3 Å². The smallest absolute Gasteiger partial charge is 0.150 e. The molecule has 5 heteroatoms. The number of hydrogen-bond donors (Lipinski definition) is 3. The number of rotatable bonds is 2. The van der Waals surface area contributed by atoms with E-state index in [1.807, 2.05) is 49.6 Å². The first kappa shape index (κ1) is 13.0. The molecule has 5 N–H and O–H groups in total. The average molecular weight is 287 g/mol. The van der Waals surface area contributed by atoms with Crippen molar-refractivity contribution in [1.29, 1.82) is 0 Å². The summed E-state index contributed by atoms with van der Waals surface area (Å²) < 4.78 is 5.66. The van der Waals surface area contributed by atoms with Gasteiger partial charge < -0.3 is 21.5 Å². The van der Waals surface area contributed by atoms with Gasteiger partial charge in [0.2, 0.25) is 0 Å². The SMILES string of the molecule is CC1=C(N)Nc2cc(C(C)(N)c3cccs3)ccc2O1. The molecule has 1 aliphatic rings. The highest BCUT2D eigenvalue weighted by Crippen LogP contribution is 2.37. The maximum Gasteiger partial charge on any atom is 0.150 e. The molecule has 2 aromatic rings. The number of ether oxygens (including phenoxy) is 1. The topological polar surface area (TPSA) is 73.3 Å². The summed E-state index contributed by atoms with van der Waals surface area (Å²) in [6.07, 6.45) is 0. The highest BCUT2D eigenvalue weighted by molar-refractivity contribution is 7.10. The van der Waals surface area contributed by atoms with Gasteiger partial charge in [-0.1, -0.05) is 12.1 Å². The van der Waals surface area contributed by atoms with Gasteiger partial charge in [0.25, 0.3) is 0 Å². The maximum absolute atomic E-state index is 6.50. The van der Waals surface area contributed by atoms with Crippen molar-refractivity contribution in [2.24, 2.45) is 11.5 Å². The first-order valence-electron chi connectivity index (χ1n) is 6.37. The van der Waals surface area contributed by atoms with E-state index >= 15 is 0 Å². The van der Waals surface area contributed by atoms with Crippen LogP contribution in [0.1, 0.15) is 24.3 Å². The Bertz CT molecular complexity index is 674. The Morgan fingerprint density at radius 3 is 2.80 bits per heavy atom. The van der Waals surface area contributed by atoms with Crippen LogP contribution in [0.2, 0.25) is 0 Å². The molecule has 2 heterocycles. The minimum atomic E-state index is -0.532. The van der Waals surface area contributed by atoms with E-state index in [0.717, 1.165) is 21.9 Å². The fraction of sp³-hybridized carbons (Fsp3) is 0.200. The summed E-state index contributed by atoms with van der Waals surface area (Å²) in [4.78, 5) is 1.12. The lowest BCUT2D eigenvalue weighted by Gasteiger charge is -2.27. The molecule has 0 spiro atoms. The largest absolute Gasteiger partial charge is 0.456 e. The van der Waals surface area contributed by atoms with Gasteiger partial charge >= 0.3 is 0 Å². The van der Waals surface area contributed by atoms with Gasteiger partial charge in [0.15, 0.2) is 5.75 Å². The van der Waals surface area contributed by atoms with Gasteiger partial charge in [-0.15, -0.1) is 11.3 Å². The Balaban J connectivity index is 2.01. The van der Waals surface area contributed by atoms with E-state index in [9.17, 15) is 0 Å². The van der Waals surface area contributed by atoms with Gasteiger partial charge in [-0.2, -0.15) is 0 Å². The second kappa shape index (κ2) is 4.54. The Kier molecular flexibility index (Phi) is 2.96. The second-order valence-corrected chi connectivity index (χ2v) is 6.04. The lowest BCUT2D eigenvalue weighted by Crippen LogP contribution is -2.33. The zero-order valence-corrected chi connectivity index (χ0v) is 12.3. The lowest BCUT2D eigenvalue weighted by molar-refractivity contribution is 0.415. The van der Waals surface area contributed by atoms with Gasteiger partial charge in [0.05, 0.1) is 11.2 Å². The van der Waals surface area contributed by atoms with Crippen LogP contribution in [0.3, 0.4) is 0 Å². The van der Waals surface area contributed by atoms with Gasteiger partial charge in [0.1, 0.15) is 11.6 Å². The molecule has 1 aliphatic heterocycles. The molecule has 0 aliphatic carbocycles. The minimum absolute atomic E-state index is 0.532. The van der Waals surface area contributed by atoms with Crippen molar-refractivity contribution in [3.63, 3.8) is 0 Å². The third kappa shape index (κ3) is 2.05. The van der Waals surface area contributed by atoms with Gasteiger partial charge in [0, 0.05) is 4.88 Å². The van der Waals surface area contributed by atoms with E-state index < -0.39 is 5.54 Å². The van der Waals surface area contributed by atoms with Crippen LogP contribution in [0.15, 0.2) is 47.3 Å². The molecule has 1 aromatic heterocycles. The average Bonchev–Trinajstić information content (AvgIpc) is 2.94. The zero-order chi connectivity index (χ0) is 14.3. The lowest BCUT2D eigenvalue weighted by atomic mass is 9.91. The van der Waals surface area contributed by atoms with Gasteiger partial charge in [-0.25, -0.2) is 0 Å². The molecule has 4 nitrogen and oxygen atoms in total. The fourth-order valence-electron chi connectivity index (χ4n) is 2.21. The molecule has 20 heavy (non-hydrogen) atoms. The normalized spacial score (nSPS) is 16.9. The maximum atomic E-state index is 6.50. The second-order valence-electron chi connectivity index (χ2n) is 5.09. The Labute approximate surface area is 122 Å². The summed E-state index contributed by atoms with van der Waals surface area (Å²) in [6.45, 7) is 3.84. The van der Waals surface area contributed by atoms with Crippen LogP contribution in [0.4, 0.5) is 5.69 Å². The quantitative estimate of drug-likeness (QED) is 0.794. The molecule has 0 amide bonds. The number of benzene rings is 1. The Morgan fingerprint density at radius 2 is 2.10 bits per heavy atom. The molecule has 0 bridgehead atoms. The van der Waals surface area contributed by atoms with Gasteiger partial charge in [-0.05, 0) is 43.0 Å². The third-order valence-corrected chi connectivity index (χ3v) is 4.63. The van der Waals surface area contributed by atoms with Crippen LogP contribution < -0.4 is 21.5 Å². The van der Waals surface area contributed by atoms with Crippen molar-refractivity contribution >= 4 is 17.0 Å². The predicted octanol–water partition coefficient (Wildman–Crippen LogP) is 2.92. The molecule has 0 saturated heterocycles. The molecule has 0 radical (unpaired) electrons. The van der Waals surface area contributed by atoms with E-state index in [1.165, 1.54) is 0 Å². The number of nitrogens with one attached hydrogen (secondary N) is 1. The molecule has 3 rings (SSSR count). The van der Waals surface area contributed by atoms with Gasteiger partial charge in [-0.3, -0.25) is 0 Å². The predicted molar refractivity (Wildman–Crippen MR) is 82.5 cm³/mol. The highest BCUT2D eigenvalue weighted by Gasteiger charge is 2.26. The molecule has 104 valence electrons. The molecule has 1 aromatic carbocycles. The summed E-state index contributed by atoms with van der Waals surface area (Å²) in [5, 5.41) is 5.18. The molecular formula is C15H17N3OS. The van der Waals surface area contributed by atoms with Crippen molar-refractivity contribution in [2.45, 2.75) is 19.4 Å². The van der Waals surface area contributed by atoms with Crippen molar-refractivity contribution in [2.75, 3.05) is 5.32 Å². The Morgan fingerprint density at radius 1 is 1.30 bits per heavy atom. The number of fused-ring (bicyclic) bond motifs is 1. The van der Waals surface area contributed by atoms with Crippen LogP contribution in [0.5, 0.6) is 5.75 Å². The number of thiophene rings is 1. The van der Waals surface area contributed by atoms with Crippen molar-refractivity contribution in [1.82, 2.24) is 0 Å². The summed E-state index contributed by atoms with van der Waals surface area (Å²) in [5.41, 5.74) is 13.7. The van der Waals surface area contributed by atoms with Crippen LogP contribution in [-0.2, 0) is 5.54 Å². The number of hydrogen-bond acceptors (Lipinski definition) is 5. The van der Waals surface area contributed by atoms with Crippen LogP contribution in [-0.4, -0.2) is 0 Å². The van der Waals surface area contributed by atoms with Crippen molar-refractivity contribution < 1.29 is 4.74 Å². The van der Waals surface area contributed by atoms with E-state index in [-0.39, 0.29) is 0 Å². The molecule has 1 atom stereocenters. The third-order valence-electron chi connectivity index (χ3n) is 3.52. The summed E-state index contributed by atoms with van der Waals surface area (Å²) >= 11 is 1.65. The fourth-order valence-corrected chi connectivity index (χ4v) is 3.03. The molecule has 1 unspecified atom stereocenters. The molecule has 0 saturated carbocycles. The Hall–Kier alpha value is -1.98. The summed E-state index contributed by atoms with van der Waals surface area (Å²) in [6, 6.07) is 9.97. The van der Waals surface area contributed by atoms with E-state index in [4.69, 9.17) is 16.2 Å². The van der Waals surface area contributed by atoms with E-state index in [1.54, 1.807) is 11.3 Å². The van der Waals surface area contributed by atoms with Crippen molar-refractivity contribution in [3.05, 3.63) is 57.7 Å². The highest BCUT2D eigenvalue weighted by atomic mass is 32.1. The van der Waals surface area contributed by atoms with Crippen molar-refractivity contribution in [3.8, 4) is 5.75 Å². The van der Waals surface area contributed by atoms with E-state index in [2.05, 4.69) is 5.32 Å². The molecular weight excluding hydrogens is 270 g/mol. The number of nitrogens with two attached hydrogens (primary N) is 2. The first-order chi connectivity index (χ1) is 9.48. The molecule has 0 fully saturated rings. The number of allylic oxidation sites excluding steroid dienone is 1. The first-order valence-corrected chi connectivity index (χ1v) is 7.25. The standard InChI is InChI=1S/C15H17N3OS/c1-9-14(16)18-11-8-10(5-6-12(11)19-9)15(2,17)13-4-3-7-20-13/h3-8,18H,16-17H2,1-2H3.